The summed E-state index contributed by atoms with van der Waals surface area (Å²) in [6.07, 6.45) is 0.292. The molecule has 0 bridgehead atoms. The molecule has 2 nitrogen and oxygen atoms in total. The van der Waals surface area contributed by atoms with Gasteiger partial charge in [0.1, 0.15) is 12.9 Å². The third-order valence-electron chi connectivity index (χ3n) is 3.79. The summed E-state index contributed by atoms with van der Waals surface area (Å²) in [4.78, 5) is 0. The summed E-state index contributed by atoms with van der Waals surface area (Å²) in [7, 11) is -2.86. The van der Waals surface area contributed by atoms with Crippen molar-refractivity contribution in [2.45, 2.75) is 6.16 Å². The lowest BCUT2D eigenvalue weighted by Crippen LogP contribution is -2.17. The van der Waals surface area contributed by atoms with Crippen LogP contribution in [-0.4, -0.2) is 5.11 Å². The summed E-state index contributed by atoms with van der Waals surface area (Å²) < 4.78 is 14.7. The van der Waals surface area contributed by atoms with Crippen molar-refractivity contribution in [3.05, 3.63) is 88.9 Å². The predicted octanol–water partition coefficient (Wildman–Crippen LogP) is 4.67. The van der Waals surface area contributed by atoms with Crippen LogP contribution in [0.15, 0.2) is 83.3 Å². The lowest BCUT2D eigenvalue weighted by Gasteiger charge is -2.20. The highest BCUT2D eigenvalue weighted by atomic mass is 79.9. The maximum atomic E-state index is 13.9. The van der Waals surface area contributed by atoms with Crippen molar-refractivity contribution < 1.29 is 9.67 Å². The Morgan fingerprint density at radius 3 is 1.83 bits per heavy atom. The molecule has 0 aliphatic rings. The van der Waals surface area contributed by atoms with Crippen molar-refractivity contribution >= 4 is 33.7 Å². The van der Waals surface area contributed by atoms with Crippen molar-refractivity contribution in [1.82, 2.24) is 0 Å². The monoisotopic (exact) mass is 386 g/mol. The molecular weight excluding hydrogens is 371 g/mol. The molecule has 3 aromatic carbocycles. The molecule has 23 heavy (non-hydrogen) atoms. The number of hydrogen-bond donors (Lipinski definition) is 1. The molecule has 0 spiro atoms. The molecule has 0 unspecified atom stereocenters. The Hall–Kier alpha value is -1.83. The molecule has 0 amide bonds. The highest BCUT2D eigenvalue weighted by Crippen LogP contribution is 2.48. The van der Waals surface area contributed by atoms with Crippen molar-refractivity contribution in [3.8, 4) is 5.75 Å². The quantitative estimate of drug-likeness (QED) is 0.661. The number of benzene rings is 3. The number of phenolic OH excluding ortho intramolecular Hbond substituents is 1. The smallest absolute Gasteiger partial charge is 0.147 e. The second-order valence-corrected chi connectivity index (χ2v) is 9.09. The average molecular weight is 387 g/mol. The first-order chi connectivity index (χ1) is 11.1. The molecule has 0 fully saturated rings. The molecule has 0 saturated heterocycles. The molecule has 0 aromatic heterocycles. The van der Waals surface area contributed by atoms with E-state index in [-0.39, 0.29) is 5.75 Å². The number of rotatable bonds is 4. The average Bonchev–Trinajstić information content (AvgIpc) is 2.59. The third kappa shape index (κ3) is 3.41. The van der Waals surface area contributed by atoms with Gasteiger partial charge in [-0.3, -0.25) is 0 Å². The summed E-state index contributed by atoms with van der Waals surface area (Å²) in [5.74, 6) is 0.159. The fraction of sp³-hybridized carbons (Fsp3) is 0.0526. The molecule has 116 valence electrons. The lowest BCUT2D eigenvalue weighted by atomic mass is 10.2. The van der Waals surface area contributed by atoms with Crippen LogP contribution < -0.4 is 10.6 Å². The van der Waals surface area contributed by atoms with Gasteiger partial charge >= 0.3 is 0 Å². The van der Waals surface area contributed by atoms with Crippen molar-refractivity contribution in [2.24, 2.45) is 0 Å². The second-order valence-electron chi connectivity index (χ2n) is 5.34. The van der Waals surface area contributed by atoms with Gasteiger partial charge in [-0.2, -0.15) is 0 Å². The molecule has 0 aliphatic heterocycles. The first-order valence-electron chi connectivity index (χ1n) is 7.27. The van der Waals surface area contributed by atoms with E-state index in [0.717, 1.165) is 15.1 Å². The van der Waals surface area contributed by atoms with Crippen LogP contribution in [0.25, 0.3) is 0 Å². The largest absolute Gasteiger partial charge is 0.508 e. The van der Waals surface area contributed by atoms with E-state index in [0.29, 0.717) is 11.7 Å². The summed E-state index contributed by atoms with van der Waals surface area (Å²) in [5, 5.41) is 11.8. The summed E-state index contributed by atoms with van der Waals surface area (Å²) in [5.41, 5.74) is 0.684. The van der Waals surface area contributed by atoms with Gasteiger partial charge in [-0.25, -0.2) is 0 Å². The zero-order valence-electron chi connectivity index (χ0n) is 12.4. The van der Waals surface area contributed by atoms with E-state index in [9.17, 15) is 9.67 Å². The van der Waals surface area contributed by atoms with E-state index < -0.39 is 7.14 Å². The summed E-state index contributed by atoms with van der Waals surface area (Å²) in [6, 6.07) is 24.3. The lowest BCUT2D eigenvalue weighted by molar-refractivity contribution is 0.469. The zero-order chi connectivity index (χ0) is 16.3. The van der Waals surface area contributed by atoms with Crippen LogP contribution in [0.2, 0.25) is 0 Å². The third-order valence-corrected chi connectivity index (χ3v) is 7.33. The van der Waals surface area contributed by atoms with Crippen LogP contribution in [0.5, 0.6) is 5.75 Å². The normalized spacial score (nSPS) is 11.3. The van der Waals surface area contributed by atoms with E-state index in [1.165, 1.54) is 0 Å². The van der Waals surface area contributed by atoms with Crippen molar-refractivity contribution in [2.75, 3.05) is 0 Å². The highest BCUT2D eigenvalue weighted by Gasteiger charge is 2.28. The molecule has 3 aromatic rings. The van der Waals surface area contributed by atoms with Crippen LogP contribution in [0.3, 0.4) is 0 Å². The van der Waals surface area contributed by atoms with E-state index in [4.69, 9.17) is 0 Å². The molecule has 3 rings (SSSR count). The Balaban J connectivity index is 2.12. The summed E-state index contributed by atoms with van der Waals surface area (Å²) >= 11 is 3.34. The van der Waals surface area contributed by atoms with Gasteiger partial charge in [0.25, 0.3) is 0 Å². The van der Waals surface area contributed by atoms with Crippen molar-refractivity contribution in [1.29, 1.82) is 0 Å². The Labute approximate surface area is 144 Å². The Kier molecular flexibility index (Phi) is 4.70. The minimum absolute atomic E-state index is 0.159. The summed E-state index contributed by atoms with van der Waals surface area (Å²) in [6.45, 7) is 0. The van der Waals surface area contributed by atoms with Gasteiger partial charge in [0, 0.05) is 26.8 Å². The van der Waals surface area contributed by atoms with Gasteiger partial charge in [0.15, 0.2) is 0 Å². The van der Waals surface area contributed by atoms with E-state index in [2.05, 4.69) is 15.9 Å². The molecule has 1 N–H and O–H groups in total. The molecular formula is C19H16BrO2P. The molecule has 0 atom stereocenters. The van der Waals surface area contributed by atoms with Crippen LogP contribution in [-0.2, 0) is 10.7 Å². The van der Waals surface area contributed by atoms with E-state index in [1.807, 2.05) is 72.8 Å². The van der Waals surface area contributed by atoms with Gasteiger partial charge in [-0.05, 0) is 12.1 Å². The van der Waals surface area contributed by atoms with Gasteiger partial charge in [0.2, 0.25) is 0 Å². The second kappa shape index (κ2) is 6.74. The van der Waals surface area contributed by atoms with E-state index in [1.54, 1.807) is 6.07 Å². The Morgan fingerprint density at radius 2 is 1.35 bits per heavy atom. The number of hydrogen-bond acceptors (Lipinski definition) is 2. The molecule has 4 heteroatoms. The van der Waals surface area contributed by atoms with Gasteiger partial charge in [-0.1, -0.05) is 82.7 Å². The first-order valence-corrected chi connectivity index (χ1v) is 9.96. The molecule has 0 saturated carbocycles. The molecule has 0 aliphatic carbocycles. The first kappa shape index (κ1) is 16.0. The van der Waals surface area contributed by atoms with Crippen LogP contribution >= 0.6 is 23.1 Å². The van der Waals surface area contributed by atoms with Crippen LogP contribution in [0, 0.1) is 0 Å². The molecule has 0 heterocycles. The van der Waals surface area contributed by atoms with Crippen molar-refractivity contribution in [3.63, 3.8) is 0 Å². The fourth-order valence-electron chi connectivity index (χ4n) is 2.58. The van der Waals surface area contributed by atoms with Gasteiger partial charge in [0.05, 0.1) is 0 Å². The van der Waals surface area contributed by atoms with Gasteiger partial charge < -0.3 is 9.67 Å². The minimum Gasteiger partial charge on any atom is -0.508 e. The standard InChI is InChI=1S/C19H16BrO2P/c20-16-12-11-15(19(21)13-16)14-23(22,17-7-3-1-4-8-17)18-9-5-2-6-10-18/h1-13,21H,14H2. The highest BCUT2D eigenvalue weighted by molar-refractivity contribution is 9.10. The number of phenols is 1. The van der Waals surface area contributed by atoms with Gasteiger partial charge in [-0.15, -0.1) is 0 Å². The number of halogens is 1. The Bertz CT molecular complexity index is 804. The maximum absolute atomic E-state index is 13.9. The minimum atomic E-state index is -2.86. The fourth-order valence-corrected chi connectivity index (χ4v) is 5.65. The molecule has 0 radical (unpaired) electrons. The Morgan fingerprint density at radius 1 is 0.826 bits per heavy atom. The SMILES string of the molecule is O=P(Cc1ccc(Br)cc1O)(c1ccccc1)c1ccccc1. The maximum Gasteiger partial charge on any atom is 0.147 e. The zero-order valence-corrected chi connectivity index (χ0v) is 14.9. The predicted molar refractivity (Wildman–Crippen MR) is 99.3 cm³/mol. The van der Waals surface area contributed by atoms with E-state index >= 15 is 0 Å². The van der Waals surface area contributed by atoms with Crippen LogP contribution in [0.4, 0.5) is 0 Å². The number of aromatic hydroxyl groups is 1. The van der Waals surface area contributed by atoms with Crippen LogP contribution in [0.1, 0.15) is 5.56 Å². The topological polar surface area (TPSA) is 37.3 Å².